The smallest absolute Gasteiger partial charge is 0.335 e. The molecule has 0 saturated carbocycles. The molecule has 1 rings (SSSR count). The minimum atomic E-state index is -1.29. The molecule has 110 valence electrons. The second-order valence-electron chi connectivity index (χ2n) is 4.10. The maximum absolute atomic E-state index is 10.3. The van der Waals surface area contributed by atoms with Crippen LogP contribution >= 0.6 is 0 Å². The molecule has 0 aliphatic rings. The largest absolute Gasteiger partial charge is 0.504 e. The van der Waals surface area contributed by atoms with E-state index in [2.05, 4.69) is 0 Å². The second-order valence-corrected chi connectivity index (χ2v) is 4.10. The molecule has 0 aromatic heterocycles. The fraction of sp³-hybridized carbons (Fsp3) is 0.231. The molecule has 0 saturated heterocycles. The van der Waals surface area contributed by atoms with Gasteiger partial charge in [-0.1, -0.05) is 5.57 Å². The summed E-state index contributed by atoms with van der Waals surface area (Å²) in [6.07, 6.45) is 0. The van der Waals surface area contributed by atoms with Crippen molar-refractivity contribution in [2.45, 2.75) is 20.8 Å². The van der Waals surface area contributed by atoms with Crippen LogP contribution in [0.3, 0.4) is 0 Å². The molecular weight excluding hydrogens is 268 g/mol. The van der Waals surface area contributed by atoms with Gasteiger partial charge in [-0.25, -0.2) is 9.59 Å². The number of carboxylic acids is 2. The molecule has 0 heterocycles. The summed E-state index contributed by atoms with van der Waals surface area (Å²) in [5.41, 5.74) is 1.00. The zero-order valence-electron chi connectivity index (χ0n) is 11.2. The normalized spacial score (nSPS) is 9.15. The Bertz CT molecular complexity index is 531. The molecule has 1 aromatic carbocycles. The van der Waals surface area contributed by atoms with Gasteiger partial charge in [-0.3, -0.25) is 0 Å². The van der Waals surface area contributed by atoms with E-state index in [-0.39, 0.29) is 5.56 Å². The van der Waals surface area contributed by atoms with Crippen LogP contribution in [0, 0.1) is 0 Å². The van der Waals surface area contributed by atoms with E-state index in [1.807, 2.05) is 0 Å². The van der Waals surface area contributed by atoms with Crippen molar-refractivity contribution in [2.75, 3.05) is 0 Å². The predicted molar refractivity (Wildman–Crippen MR) is 70.1 cm³/mol. The first-order chi connectivity index (χ1) is 9.07. The van der Waals surface area contributed by atoms with Gasteiger partial charge in [0.05, 0.1) is 5.56 Å². The van der Waals surface area contributed by atoms with Gasteiger partial charge in [0.15, 0.2) is 17.2 Å². The molecule has 0 fully saturated rings. The summed E-state index contributed by atoms with van der Waals surface area (Å²) < 4.78 is 0. The van der Waals surface area contributed by atoms with E-state index in [0.29, 0.717) is 5.57 Å². The van der Waals surface area contributed by atoms with Crippen molar-refractivity contribution in [1.82, 2.24) is 0 Å². The molecule has 0 spiro atoms. The zero-order valence-corrected chi connectivity index (χ0v) is 11.2. The van der Waals surface area contributed by atoms with Crippen molar-refractivity contribution in [2.24, 2.45) is 0 Å². The van der Waals surface area contributed by atoms with E-state index in [1.54, 1.807) is 20.8 Å². The van der Waals surface area contributed by atoms with Gasteiger partial charge < -0.3 is 25.5 Å². The number of aromatic carboxylic acids is 1. The first-order valence-corrected chi connectivity index (χ1v) is 5.43. The quantitative estimate of drug-likeness (QED) is 0.413. The van der Waals surface area contributed by atoms with E-state index < -0.39 is 29.2 Å². The van der Waals surface area contributed by atoms with Gasteiger partial charge >= 0.3 is 11.9 Å². The van der Waals surface area contributed by atoms with Crippen LogP contribution in [0.2, 0.25) is 0 Å². The fourth-order valence-corrected chi connectivity index (χ4v) is 0.942. The van der Waals surface area contributed by atoms with Crippen LogP contribution in [0.5, 0.6) is 17.2 Å². The lowest BCUT2D eigenvalue weighted by Gasteiger charge is -2.01. The van der Waals surface area contributed by atoms with E-state index in [9.17, 15) is 9.59 Å². The average Bonchev–Trinajstić information content (AvgIpc) is 2.34. The van der Waals surface area contributed by atoms with Crippen LogP contribution in [-0.2, 0) is 4.79 Å². The van der Waals surface area contributed by atoms with Gasteiger partial charge in [0.2, 0.25) is 0 Å². The van der Waals surface area contributed by atoms with E-state index >= 15 is 0 Å². The summed E-state index contributed by atoms with van der Waals surface area (Å²) in [6, 6.07) is 1.69. The first-order valence-electron chi connectivity index (χ1n) is 5.43. The lowest BCUT2D eigenvalue weighted by Crippen LogP contribution is -1.97. The van der Waals surface area contributed by atoms with Crippen molar-refractivity contribution in [1.29, 1.82) is 0 Å². The highest BCUT2D eigenvalue weighted by Gasteiger charge is 2.11. The van der Waals surface area contributed by atoms with Crippen LogP contribution in [0.25, 0.3) is 0 Å². The molecule has 0 amide bonds. The Hall–Kier alpha value is -2.70. The van der Waals surface area contributed by atoms with Crippen molar-refractivity contribution in [3.8, 4) is 17.2 Å². The molecule has 0 radical (unpaired) electrons. The molecule has 0 aliphatic carbocycles. The van der Waals surface area contributed by atoms with E-state index in [4.69, 9.17) is 25.5 Å². The number of aromatic hydroxyl groups is 3. The van der Waals surface area contributed by atoms with Gasteiger partial charge in [-0.2, -0.15) is 0 Å². The third kappa shape index (κ3) is 4.89. The van der Waals surface area contributed by atoms with Gasteiger partial charge in [0.1, 0.15) is 0 Å². The molecule has 0 aliphatic heterocycles. The maximum atomic E-state index is 10.3. The standard InChI is InChI=1S/C7H6O5.C6H10O2/c8-4-1-3(7(11)12)2-5(9)6(4)10;1-4(2)5(3)6(7)8/h1-2,8-10H,(H,11,12);1-3H3,(H,7,8). The fourth-order valence-electron chi connectivity index (χ4n) is 0.942. The highest BCUT2D eigenvalue weighted by Crippen LogP contribution is 2.35. The summed E-state index contributed by atoms with van der Waals surface area (Å²) >= 11 is 0. The average molecular weight is 284 g/mol. The number of carbonyl (C=O) groups is 2. The van der Waals surface area contributed by atoms with Crippen LogP contribution < -0.4 is 0 Å². The van der Waals surface area contributed by atoms with Gasteiger partial charge in [0.25, 0.3) is 0 Å². The number of phenols is 3. The highest BCUT2D eigenvalue weighted by atomic mass is 16.4. The lowest BCUT2D eigenvalue weighted by molar-refractivity contribution is -0.132. The number of benzene rings is 1. The van der Waals surface area contributed by atoms with E-state index in [0.717, 1.165) is 17.7 Å². The number of allylic oxidation sites excluding steroid dienone is 1. The molecular formula is C13H16O7. The second kappa shape index (κ2) is 7.03. The van der Waals surface area contributed by atoms with Crippen molar-refractivity contribution in [3.05, 3.63) is 28.8 Å². The molecule has 7 nitrogen and oxygen atoms in total. The Morgan fingerprint density at radius 3 is 1.50 bits per heavy atom. The monoisotopic (exact) mass is 284 g/mol. The minimum Gasteiger partial charge on any atom is -0.504 e. The van der Waals surface area contributed by atoms with Gasteiger partial charge in [-0.15, -0.1) is 0 Å². The number of phenolic OH excluding ortho intramolecular Hbond substituents is 3. The maximum Gasteiger partial charge on any atom is 0.335 e. The van der Waals surface area contributed by atoms with Crippen LogP contribution in [0.4, 0.5) is 0 Å². The van der Waals surface area contributed by atoms with Gasteiger partial charge in [0, 0.05) is 5.57 Å². The number of carboxylic acid groups (broad SMARTS) is 2. The van der Waals surface area contributed by atoms with E-state index in [1.165, 1.54) is 0 Å². The summed E-state index contributed by atoms with van der Waals surface area (Å²) in [5.74, 6) is -4.16. The van der Waals surface area contributed by atoms with Crippen LogP contribution in [0.15, 0.2) is 23.3 Å². The predicted octanol–water partition coefficient (Wildman–Crippen LogP) is 1.93. The molecule has 7 heteroatoms. The third-order valence-electron chi connectivity index (χ3n) is 2.39. The Balaban J connectivity index is 0.000000396. The Morgan fingerprint density at radius 1 is 0.900 bits per heavy atom. The first kappa shape index (κ1) is 17.3. The third-order valence-corrected chi connectivity index (χ3v) is 2.39. The summed E-state index contributed by atoms with van der Waals surface area (Å²) in [5, 5.41) is 43.2. The summed E-state index contributed by atoms with van der Waals surface area (Å²) in [6.45, 7) is 5.16. The Labute approximate surface area is 115 Å². The Kier molecular flexibility index (Phi) is 6.08. The van der Waals surface area contributed by atoms with Crippen molar-refractivity contribution >= 4 is 11.9 Å². The minimum absolute atomic E-state index is 0.289. The molecule has 0 unspecified atom stereocenters. The summed E-state index contributed by atoms with van der Waals surface area (Å²) in [4.78, 5) is 20.4. The Morgan fingerprint density at radius 2 is 1.30 bits per heavy atom. The number of aliphatic carboxylic acids is 1. The van der Waals surface area contributed by atoms with Gasteiger partial charge in [-0.05, 0) is 32.9 Å². The molecule has 20 heavy (non-hydrogen) atoms. The highest BCUT2D eigenvalue weighted by molar-refractivity contribution is 5.89. The topological polar surface area (TPSA) is 135 Å². The van der Waals surface area contributed by atoms with Crippen LogP contribution in [0.1, 0.15) is 31.1 Å². The van der Waals surface area contributed by atoms with Crippen molar-refractivity contribution in [3.63, 3.8) is 0 Å². The number of hydrogen-bond donors (Lipinski definition) is 5. The molecule has 0 bridgehead atoms. The van der Waals surface area contributed by atoms with Crippen molar-refractivity contribution < 1.29 is 35.1 Å². The molecule has 5 N–H and O–H groups in total. The molecule has 0 atom stereocenters. The summed E-state index contributed by atoms with van der Waals surface area (Å²) in [7, 11) is 0. The van der Waals surface area contributed by atoms with Crippen LogP contribution in [-0.4, -0.2) is 37.5 Å². The SMILES string of the molecule is CC(C)=C(C)C(=O)O.O=C(O)c1cc(O)c(O)c(O)c1. The number of rotatable bonds is 2. The zero-order chi connectivity index (χ0) is 16.0. The lowest BCUT2D eigenvalue weighted by atomic mass is 10.2. The molecule has 1 aromatic rings. The number of hydrogen-bond acceptors (Lipinski definition) is 5.